The topological polar surface area (TPSA) is 98.1 Å². The molecule has 150 valence electrons. The van der Waals surface area contributed by atoms with E-state index in [4.69, 9.17) is 4.74 Å². The lowest BCUT2D eigenvalue weighted by Crippen LogP contribution is -2.42. The number of carbonyl (C=O) groups is 1. The molecule has 29 heavy (non-hydrogen) atoms. The predicted molar refractivity (Wildman–Crippen MR) is 103 cm³/mol. The lowest BCUT2D eigenvalue weighted by atomic mass is 10.2. The Bertz CT molecular complexity index is 1060. The monoisotopic (exact) mass is 397 g/mol. The predicted octanol–water partition coefficient (Wildman–Crippen LogP) is 2.07. The molecule has 9 nitrogen and oxygen atoms in total. The van der Waals surface area contributed by atoms with Crippen molar-refractivity contribution in [3.8, 4) is 5.69 Å². The van der Waals surface area contributed by atoms with Gasteiger partial charge in [0.15, 0.2) is 11.2 Å². The number of fused-ring (bicyclic) bond motifs is 1. The number of halogens is 1. The largest absolute Gasteiger partial charge is 0.370 e. The van der Waals surface area contributed by atoms with Crippen LogP contribution in [0.4, 0.5) is 16.0 Å². The zero-order valence-corrected chi connectivity index (χ0v) is 15.7. The van der Waals surface area contributed by atoms with Crippen molar-refractivity contribution >= 4 is 28.7 Å². The molecule has 10 heteroatoms. The average Bonchev–Trinajstić information content (AvgIpc) is 3.38. The molecule has 2 aromatic heterocycles. The number of nitrogens with zero attached hydrogens (tertiary/aromatic N) is 6. The van der Waals surface area contributed by atoms with Crippen LogP contribution in [0.3, 0.4) is 0 Å². The fourth-order valence-electron chi connectivity index (χ4n) is 3.84. The summed E-state index contributed by atoms with van der Waals surface area (Å²) in [6, 6.07) is 4.97. The minimum Gasteiger partial charge on any atom is -0.370 e. The Labute approximate surface area is 165 Å². The van der Waals surface area contributed by atoms with Crippen molar-refractivity contribution in [1.29, 1.82) is 0 Å². The summed E-state index contributed by atoms with van der Waals surface area (Å²) in [6.45, 7) is 0.668. The number of hydrogen-bond acceptors (Lipinski definition) is 7. The van der Waals surface area contributed by atoms with Crippen molar-refractivity contribution in [1.82, 2.24) is 25.0 Å². The Kier molecular flexibility index (Phi) is 4.55. The number of aromatic nitrogens is 5. The van der Waals surface area contributed by atoms with Crippen LogP contribution in [-0.4, -0.2) is 56.7 Å². The van der Waals surface area contributed by atoms with E-state index in [9.17, 15) is 9.18 Å². The summed E-state index contributed by atoms with van der Waals surface area (Å²) in [5, 5.41) is 11.5. The summed E-state index contributed by atoms with van der Waals surface area (Å²) in [6.07, 6.45) is 6.23. The first kappa shape index (κ1) is 17.9. The van der Waals surface area contributed by atoms with E-state index in [0.29, 0.717) is 42.0 Å². The Morgan fingerprint density at radius 2 is 2.10 bits per heavy atom. The molecule has 0 unspecified atom stereocenters. The fraction of sp³-hybridized carbons (Fsp3) is 0.421. The summed E-state index contributed by atoms with van der Waals surface area (Å²) in [4.78, 5) is 22.2. The Morgan fingerprint density at radius 1 is 1.24 bits per heavy atom. The smallest absolute Gasteiger partial charge is 0.253 e. The summed E-state index contributed by atoms with van der Waals surface area (Å²) >= 11 is 0. The molecule has 2 aliphatic rings. The Hall–Kier alpha value is -3.14. The van der Waals surface area contributed by atoms with Crippen molar-refractivity contribution in [3.63, 3.8) is 0 Å². The second kappa shape index (κ2) is 7.36. The van der Waals surface area contributed by atoms with Crippen LogP contribution in [0, 0.1) is 5.82 Å². The molecule has 1 N–H and O–H groups in total. The highest BCUT2D eigenvalue weighted by molar-refractivity contribution is 5.95. The van der Waals surface area contributed by atoms with Gasteiger partial charge in [-0.25, -0.2) is 9.37 Å². The minimum absolute atomic E-state index is 0.0391. The highest BCUT2D eigenvalue weighted by Crippen LogP contribution is 2.25. The number of ether oxygens (including phenoxy) is 1. The van der Waals surface area contributed by atoms with Gasteiger partial charge in [0.1, 0.15) is 12.4 Å². The second-order valence-corrected chi connectivity index (χ2v) is 7.26. The normalized spacial score (nSPS) is 18.0. The van der Waals surface area contributed by atoms with Gasteiger partial charge >= 0.3 is 0 Å². The SMILES string of the molecule is O=C1COCCN1c1ccc(-n2nnc3cnc(NC4CCCC4)nc32)cc1F. The van der Waals surface area contributed by atoms with E-state index in [1.165, 1.54) is 28.5 Å². The highest BCUT2D eigenvalue weighted by Gasteiger charge is 2.23. The van der Waals surface area contributed by atoms with E-state index >= 15 is 0 Å². The van der Waals surface area contributed by atoms with Gasteiger partial charge < -0.3 is 15.0 Å². The number of rotatable bonds is 4. The maximum atomic E-state index is 14.8. The van der Waals surface area contributed by atoms with E-state index in [1.54, 1.807) is 18.3 Å². The van der Waals surface area contributed by atoms with E-state index in [0.717, 1.165) is 12.8 Å². The first-order valence-corrected chi connectivity index (χ1v) is 9.72. The highest BCUT2D eigenvalue weighted by atomic mass is 19.1. The standard InChI is InChI=1S/C19H20FN7O2/c20-14-9-13(5-6-16(14)26-7-8-29-11-17(26)28)27-18-15(24-25-27)10-21-19(23-18)22-12-3-1-2-4-12/h5-6,9-10,12H,1-4,7-8,11H2,(H,21,22,23). The van der Waals surface area contributed by atoms with Crippen molar-refractivity contribution < 1.29 is 13.9 Å². The van der Waals surface area contributed by atoms with Crippen LogP contribution in [0.2, 0.25) is 0 Å². The van der Waals surface area contributed by atoms with E-state index in [1.807, 2.05) is 0 Å². The quantitative estimate of drug-likeness (QED) is 0.720. The van der Waals surface area contributed by atoms with Crippen molar-refractivity contribution in [2.24, 2.45) is 0 Å². The first-order chi connectivity index (χ1) is 14.2. The summed E-state index contributed by atoms with van der Waals surface area (Å²) in [5.41, 5.74) is 1.72. The molecule has 1 aromatic carbocycles. The van der Waals surface area contributed by atoms with Crippen LogP contribution < -0.4 is 10.2 Å². The van der Waals surface area contributed by atoms with Crippen LogP contribution in [0.15, 0.2) is 24.4 Å². The molecule has 1 aliphatic carbocycles. The Balaban J connectivity index is 1.46. The Morgan fingerprint density at radius 3 is 2.90 bits per heavy atom. The molecule has 1 saturated heterocycles. The molecular weight excluding hydrogens is 377 g/mol. The molecule has 3 heterocycles. The fourth-order valence-corrected chi connectivity index (χ4v) is 3.84. The molecule has 5 rings (SSSR count). The van der Waals surface area contributed by atoms with E-state index in [2.05, 4.69) is 25.6 Å². The van der Waals surface area contributed by atoms with Crippen LogP contribution in [-0.2, 0) is 9.53 Å². The van der Waals surface area contributed by atoms with Crippen molar-refractivity contribution in [2.45, 2.75) is 31.7 Å². The van der Waals surface area contributed by atoms with Gasteiger partial charge in [-0.1, -0.05) is 18.1 Å². The zero-order chi connectivity index (χ0) is 19.8. The van der Waals surface area contributed by atoms with Gasteiger partial charge in [0.05, 0.1) is 24.2 Å². The van der Waals surface area contributed by atoms with Crippen LogP contribution in [0.25, 0.3) is 16.9 Å². The summed E-state index contributed by atoms with van der Waals surface area (Å²) < 4.78 is 21.4. The molecule has 1 saturated carbocycles. The van der Waals surface area contributed by atoms with Gasteiger partial charge in [-0.2, -0.15) is 9.67 Å². The number of carbonyl (C=O) groups excluding carboxylic acids is 1. The second-order valence-electron chi connectivity index (χ2n) is 7.26. The molecule has 3 aromatic rings. The average molecular weight is 397 g/mol. The molecule has 0 spiro atoms. The van der Waals surface area contributed by atoms with Crippen LogP contribution in [0.5, 0.6) is 0 Å². The van der Waals surface area contributed by atoms with E-state index < -0.39 is 5.82 Å². The maximum absolute atomic E-state index is 14.8. The lowest BCUT2D eigenvalue weighted by molar-refractivity contribution is -0.125. The summed E-state index contributed by atoms with van der Waals surface area (Å²) in [7, 11) is 0. The van der Waals surface area contributed by atoms with Gasteiger partial charge in [0, 0.05) is 18.7 Å². The molecule has 1 aliphatic heterocycles. The maximum Gasteiger partial charge on any atom is 0.253 e. The minimum atomic E-state index is -0.514. The van der Waals surface area contributed by atoms with E-state index in [-0.39, 0.29) is 18.2 Å². The van der Waals surface area contributed by atoms with Crippen LogP contribution >= 0.6 is 0 Å². The van der Waals surface area contributed by atoms with Crippen LogP contribution in [0.1, 0.15) is 25.7 Å². The van der Waals surface area contributed by atoms with Gasteiger partial charge in [0.25, 0.3) is 5.91 Å². The number of hydrogen-bond donors (Lipinski definition) is 1. The zero-order valence-electron chi connectivity index (χ0n) is 15.7. The third-order valence-corrected chi connectivity index (χ3v) is 5.33. The molecule has 2 fully saturated rings. The van der Waals surface area contributed by atoms with Gasteiger partial charge in [0.2, 0.25) is 5.95 Å². The van der Waals surface area contributed by atoms with Gasteiger partial charge in [-0.05, 0) is 25.0 Å². The number of nitrogens with one attached hydrogen (secondary N) is 1. The van der Waals surface area contributed by atoms with Crippen molar-refractivity contribution in [3.05, 3.63) is 30.2 Å². The molecule has 0 bridgehead atoms. The molecule has 0 radical (unpaired) electrons. The summed E-state index contributed by atoms with van der Waals surface area (Å²) in [5.74, 6) is -0.256. The first-order valence-electron chi connectivity index (χ1n) is 9.72. The molecular formula is C19H20FN7O2. The third kappa shape index (κ3) is 3.39. The van der Waals surface area contributed by atoms with Gasteiger partial charge in [-0.3, -0.25) is 4.79 Å². The van der Waals surface area contributed by atoms with Gasteiger partial charge in [-0.15, -0.1) is 5.10 Å². The lowest BCUT2D eigenvalue weighted by Gasteiger charge is -2.27. The number of benzene rings is 1. The third-order valence-electron chi connectivity index (χ3n) is 5.33. The molecule has 1 amide bonds. The molecule has 0 atom stereocenters. The number of amides is 1. The van der Waals surface area contributed by atoms with Crippen molar-refractivity contribution in [2.75, 3.05) is 30.0 Å². The number of morpholine rings is 1. The number of anilines is 2.